The summed E-state index contributed by atoms with van der Waals surface area (Å²) in [6.07, 6.45) is 9.67. The first-order chi connectivity index (χ1) is 7.81. The van der Waals surface area contributed by atoms with Crippen LogP contribution in [0.15, 0.2) is 0 Å². The number of carbonyl (C=O) groups excluding carboxylic acids is 1. The van der Waals surface area contributed by atoms with E-state index in [0.717, 1.165) is 25.2 Å². The molecule has 1 aliphatic carbocycles. The zero-order chi connectivity index (χ0) is 11.4. The number of piperidine rings is 1. The van der Waals surface area contributed by atoms with Gasteiger partial charge in [0.2, 0.25) is 0 Å². The van der Waals surface area contributed by atoms with Gasteiger partial charge in [0.05, 0.1) is 6.04 Å². The minimum absolute atomic E-state index is 0.288. The average molecular weight is 223 g/mol. The highest BCUT2D eigenvalue weighted by atomic mass is 16.1. The minimum Gasteiger partial charge on any atom is -0.298 e. The molecule has 92 valence electrons. The fraction of sp³-hybridized carbons (Fsp3) is 0.929. The number of likely N-dealkylation sites (tertiary alicyclic amines) is 1. The van der Waals surface area contributed by atoms with Gasteiger partial charge in [-0.2, -0.15) is 0 Å². The molecule has 2 nitrogen and oxygen atoms in total. The van der Waals surface area contributed by atoms with Crippen molar-refractivity contribution in [3.63, 3.8) is 0 Å². The van der Waals surface area contributed by atoms with Crippen LogP contribution in [-0.4, -0.2) is 29.8 Å². The molecule has 0 bridgehead atoms. The highest BCUT2D eigenvalue weighted by Gasteiger charge is 2.30. The summed E-state index contributed by atoms with van der Waals surface area (Å²) in [6, 6.07) is 0.288. The Morgan fingerprint density at radius 3 is 2.56 bits per heavy atom. The van der Waals surface area contributed by atoms with Crippen molar-refractivity contribution in [1.82, 2.24) is 4.90 Å². The van der Waals surface area contributed by atoms with Crippen LogP contribution in [0.5, 0.6) is 0 Å². The van der Waals surface area contributed by atoms with Crippen LogP contribution in [0.25, 0.3) is 0 Å². The highest BCUT2D eigenvalue weighted by molar-refractivity contribution is 5.84. The Hall–Kier alpha value is -0.370. The molecule has 2 fully saturated rings. The second-order valence-electron chi connectivity index (χ2n) is 5.50. The van der Waals surface area contributed by atoms with Crippen molar-refractivity contribution in [2.75, 3.05) is 13.1 Å². The van der Waals surface area contributed by atoms with Gasteiger partial charge in [0.25, 0.3) is 0 Å². The molecule has 1 saturated carbocycles. The fourth-order valence-corrected chi connectivity index (χ4v) is 3.31. The van der Waals surface area contributed by atoms with Crippen molar-refractivity contribution in [3.05, 3.63) is 0 Å². The molecular weight excluding hydrogens is 198 g/mol. The summed E-state index contributed by atoms with van der Waals surface area (Å²) in [5.41, 5.74) is 0. The van der Waals surface area contributed by atoms with Crippen molar-refractivity contribution in [1.29, 1.82) is 0 Å². The van der Waals surface area contributed by atoms with Crippen molar-refractivity contribution in [2.45, 2.75) is 64.3 Å². The Balaban J connectivity index is 1.81. The SMILES string of the molecule is CCCC1CCN(C2CCCCC2=O)CC1. The third-order valence-electron chi connectivity index (χ3n) is 4.31. The lowest BCUT2D eigenvalue weighted by molar-refractivity contribution is -0.126. The van der Waals surface area contributed by atoms with Gasteiger partial charge in [0.15, 0.2) is 0 Å². The van der Waals surface area contributed by atoms with E-state index >= 15 is 0 Å². The summed E-state index contributed by atoms with van der Waals surface area (Å²) >= 11 is 0. The predicted molar refractivity (Wildman–Crippen MR) is 66.5 cm³/mol. The smallest absolute Gasteiger partial charge is 0.149 e. The Morgan fingerprint density at radius 2 is 1.94 bits per heavy atom. The molecule has 1 unspecified atom stereocenters. The normalized spacial score (nSPS) is 29.6. The second-order valence-corrected chi connectivity index (χ2v) is 5.50. The Labute approximate surface area is 99.4 Å². The summed E-state index contributed by atoms with van der Waals surface area (Å²) in [5, 5.41) is 0. The number of Topliss-reactive ketones (excluding diaryl/α,β-unsaturated/α-hetero) is 1. The van der Waals surface area contributed by atoms with Gasteiger partial charge in [-0.05, 0) is 44.7 Å². The second kappa shape index (κ2) is 5.81. The molecule has 2 rings (SSSR count). The molecule has 1 heterocycles. The summed E-state index contributed by atoms with van der Waals surface area (Å²) in [4.78, 5) is 14.3. The molecule has 0 aromatic carbocycles. The van der Waals surface area contributed by atoms with Crippen molar-refractivity contribution >= 4 is 5.78 Å². The van der Waals surface area contributed by atoms with E-state index in [-0.39, 0.29) is 6.04 Å². The average Bonchev–Trinajstić information content (AvgIpc) is 2.31. The maximum atomic E-state index is 11.9. The molecule has 16 heavy (non-hydrogen) atoms. The lowest BCUT2D eigenvalue weighted by atomic mass is 9.88. The van der Waals surface area contributed by atoms with Crippen molar-refractivity contribution in [2.24, 2.45) is 5.92 Å². The lowest BCUT2D eigenvalue weighted by Gasteiger charge is -2.38. The number of hydrogen-bond donors (Lipinski definition) is 0. The molecule has 1 aliphatic heterocycles. The molecule has 0 spiro atoms. The lowest BCUT2D eigenvalue weighted by Crippen LogP contribution is -2.46. The fourth-order valence-electron chi connectivity index (χ4n) is 3.31. The molecule has 1 saturated heterocycles. The molecule has 0 amide bonds. The first-order valence-corrected chi connectivity index (χ1v) is 7.08. The summed E-state index contributed by atoms with van der Waals surface area (Å²) in [5.74, 6) is 1.44. The van der Waals surface area contributed by atoms with E-state index in [2.05, 4.69) is 11.8 Å². The van der Waals surface area contributed by atoms with Crippen LogP contribution in [0.4, 0.5) is 0 Å². The molecule has 0 aromatic heterocycles. The van der Waals surface area contributed by atoms with E-state index in [1.54, 1.807) is 0 Å². The molecule has 2 aliphatic rings. The maximum Gasteiger partial charge on any atom is 0.149 e. The van der Waals surface area contributed by atoms with Gasteiger partial charge in [0, 0.05) is 6.42 Å². The number of rotatable bonds is 3. The molecule has 0 N–H and O–H groups in total. The van der Waals surface area contributed by atoms with Crippen LogP contribution in [0.3, 0.4) is 0 Å². The van der Waals surface area contributed by atoms with E-state index in [0.29, 0.717) is 5.78 Å². The van der Waals surface area contributed by atoms with Crippen molar-refractivity contribution < 1.29 is 4.79 Å². The molecule has 2 heteroatoms. The largest absolute Gasteiger partial charge is 0.298 e. The van der Waals surface area contributed by atoms with Crippen LogP contribution in [0.1, 0.15) is 58.3 Å². The zero-order valence-electron chi connectivity index (χ0n) is 10.6. The van der Waals surface area contributed by atoms with Gasteiger partial charge in [-0.1, -0.05) is 26.2 Å². The van der Waals surface area contributed by atoms with E-state index < -0.39 is 0 Å². The monoisotopic (exact) mass is 223 g/mol. The van der Waals surface area contributed by atoms with E-state index in [1.165, 1.54) is 45.2 Å². The molecule has 1 atom stereocenters. The predicted octanol–water partition coefficient (Wildman–Crippen LogP) is 3.01. The van der Waals surface area contributed by atoms with E-state index in [9.17, 15) is 4.79 Å². The van der Waals surface area contributed by atoms with Gasteiger partial charge >= 0.3 is 0 Å². The number of hydrogen-bond acceptors (Lipinski definition) is 2. The van der Waals surface area contributed by atoms with Gasteiger partial charge in [-0.3, -0.25) is 9.69 Å². The third kappa shape index (κ3) is 2.85. The Bertz CT molecular complexity index is 231. The Morgan fingerprint density at radius 1 is 1.19 bits per heavy atom. The third-order valence-corrected chi connectivity index (χ3v) is 4.31. The minimum atomic E-state index is 0.288. The van der Waals surface area contributed by atoms with Gasteiger partial charge in [-0.15, -0.1) is 0 Å². The van der Waals surface area contributed by atoms with Gasteiger partial charge in [0.1, 0.15) is 5.78 Å². The molecule has 0 aromatic rings. The van der Waals surface area contributed by atoms with Crippen LogP contribution < -0.4 is 0 Å². The quantitative estimate of drug-likeness (QED) is 0.733. The molecular formula is C14H25NO. The summed E-state index contributed by atoms with van der Waals surface area (Å²) < 4.78 is 0. The van der Waals surface area contributed by atoms with Crippen LogP contribution in [0, 0.1) is 5.92 Å². The van der Waals surface area contributed by atoms with E-state index in [4.69, 9.17) is 0 Å². The Kier molecular flexibility index (Phi) is 4.39. The topological polar surface area (TPSA) is 20.3 Å². The van der Waals surface area contributed by atoms with Crippen LogP contribution in [-0.2, 0) is 4.79 Å². The summed E-state index contributed by atoms with van der Waals surface area (Å²) in [6.45, 7) is 4.61. The highest BCUT2D eigenvalue weighted by Crippen LogP contribution is 2.27. The van der Waals surface area contributed by atoms with Crippen LogP contribution in [0.2, 0.25) is 0 Å². The number of carbonyl (C=O) groups is 1. The van der Waals surface area contributed by atoms with Gasteiger partial charge in [-0.25, -0.2) is 0 Å². The van der Waals surface area contributed by atoms with Gasteiger partial charge < -0.3 is 0 Å². The first kappa shape index (κ1) is 12.1. The zero-order valence-corrected chi connectivity index (χ0v) is 10.6. The summed E-state index contributed by atoms with van der Waals surface area (Å²) in [7, 11) is 0. The van der Waals surface area contributed by atoms with Crippen LogP contribution >= 0.6 is 0 Å². The molecule has 0 radical (unpaired) electrons. The number of ketones is 1. The van der Waals surface area contributed by atoms with E-state index in [1.807, 2.05) is 0 Å². The maximum absolute atomic E-state index is 11.9. The first-order valence-electron chi connectivity index (χ1n) is 7.08. The standard InChI is InChI=1S/C14H25NO/c1-2-5-12-8-10-15(11-9-12)13-6-3-4-7-14(13)16/h12-13H,2-11H2,1H3. The van der Waals surface area contributed by atoms with Crippen molar-refractivity contribution in [3.8, 4) is 0 Å². The number of nitrogens with zero attached hydrogens (tertiary/aromatic N) is 1.